The molecule has 0 saturated carbocycles. The van der Waals surface area contributed by atoms with Crippen LogP contribution in [0.4, 0.5) is 0 Å². The predicted octanol–water partition coefficient (Wildman–Crippen LogP) is 12.5. The first-order valence-corrected chi connectivity index (χ1v) is 25.0. The molecule has 0 aliphatic heterocycles. The highest BCUT2D eigenvalue weighted by Gasteiger charge is 2.24. The monoisotopic (exact) mass is 801 g/mol. The van der Waals surface area contributed by atoms with E-state index < -0.39 is 20.0 Å². The Hall–Kier alpha value is -0.760. The predicted molar refractivity (Wildman–Crippen MR) is 233 cm³/mol. The van der Waals surface area contributed by atoms with Crippen LogP contribution in [-0.4, -0.2) is 68.5 Å². The highest BCUT2D eigenvalue weighted by molar-refractivity contribution is 7.45. The zero-order valence-corrected chi connectivity index (χ0v) is 38.0. The number of nitrogens with one attached hydrogen (secondary N) is 1. The van der Waals surface area contributed by atoms with E-state index in [9.17, 15) is 19.4 Å². The van der Waals surface area contributed by atoms with Gasteiger partial charge in [-0.1, -0.05) is 193 Å². The summed E-state index contributed by atoms with van der Waals surface area (Å²) in [7, 11) is 1.31. The first-order valence-electron chi connectivity index (χ1n) is 23.5. The van der Waals surface area contributed by atoms with Crippen LogP contribution in [0.15, 0.2) is 12.2 Å². The summed E-state index contributed by atoms with van der Waals surface area (Å²) in [6, 6.07) is -0.795. The third kappa shape index (κ3) is 41.2. The van der Waals surface area contributed by atoms with Crippen molar-refractivity contribution in [2.24, 2.45) is 0 Å². The van der Waals surface area contributed by atoms with E-state index in [1.165, 1.54) is 161 Å². The molecule has 0 rings (SSSR count). The minimum Gasteiger partial charge on any atom is -0.756 e. The van der Waals surface area contributed by atoms with E-state index >= 15 is 0 Å². The van der Waals surface area contributed by atoms with Crippen LogP contribution in [0.25, 0.3) is 0 Å². The Morgan fingerprint density at radius 2 is 1.00 bits per heavy atom. The summed E-state index contributed by atoms with van der Waals surface area (Å²) in [5.41, 5.74) is 0. The van der Waals surface area contributed by atoms with Gasteiger partial charge in [0.05, 0.1) is 39.9 Å². The lowest BCUT2D eigenvalue weighted by Gasteiger charge is -2.30. The molecule has 3 atom stereocenters. The molecule has 2 N–H and O–H groups in total. The molecule has 0 fully saturated rings. The van der Waals surface area contributed by atoms with Gasteiger partial charge in [-0.15, -0.1) is 0 Å². The topological polar surface area (TPSA) is 108 Å². The summed E-state index contributed by atoms with van der Waals surface area (Å²) in [5.74, 6) is -0.165. The molecule has 0 bridgehead atoms. The molecule has 9 heteroatoms. The van der Waals surface area contributed by atoms with Gasteiger partial charge in [-0.25, -0.2) is 0 Å². The Balaban J connectivity index is 4.16. The van der Waals surface area contributed by atoms with Crippen molar-refractivity contribution in [3.05, 3.63) is 12.2 Å². The molecule has 0 spiro atoms. The maximum absolute atomic E-state index is 12.9. The quantitative estimate of drug-likeness (QED) is 0.0275. The van der Waals surface area contributed by atoms with Gasteiger partial charge >= 0.3 is 0 Å². The molecule has 0 saturated heterocycles. The molecule has 55 heavy (non-hydrogen) atoms. The summed E-state index contributed by atoms with van der Waals surface area (Å²) >= 11 is 0. The zero-order valence-electron chi connectivity index (χ0n) is 37.1. The lowest BCUT2D eigenvalue weighted by atomic mass is 10.0. The van der Waals surface area contributed by atoms with Gasteiger partial charge in [0, 0.05) is 6.42 Å². The van der Waals surface area contributed by atoms with Crippen molar-refractivity contribution in [3.63, 3.8) is 0 Å². The number of rotatable bonds is 43. The fraction of sp³-hybridized carbons (Fsp3) is 0.935. The second kappa shape index (κ2) is 38.7. The Kier molecular flexibility index (Phi) is 38.2. The summed E-state index contributed by atoms with van der Waals surface area (Å²) in [5, 5.41) is 13.9. The van der Waals surface area contributed by atoms with E-state index in [-0.39, 0.29) is 19.1 Å². The second-order valence-electron chi connectivity index (χ2n) is 17.5. The van der Waals surface area contributed by atoms with Gasteiger partial charge in [0.15, 0.2) is 0 Å². The number of hydrogen-bond acceptors (Lipinski definition) is 6. The van der Waals surface area contributed by atoms with E-state index in [4.69, 9.17) is 9.05 Å². The number of likely N-dealkylation sites (N-methyl/N-ethyl adjacent to an activating group) is 1. The van der Waals surface area contributed by atoms with Crippen LogP contribution < -0.4 is 10.2 Å². The van der Waals surface area contributed by atoms with Crippen molar-refractivity contribution in [1.29, 1.82) is 0 Å². The SMILES string of the molecule is CCCCCCCCCC/C=C\CCCCCCCCCCCCCC(=O)NC(COP(=O)([O-])OCC[N+](C)(C)C)C(O)CCCCCCCCCCCC. The number of hydrogen-bond donors (Lipinski definition) is 2. The minimum absolute atomic E-state index is 0.0139. The number of phosphoric acid groups is 1. The van der Waals surface area contributed by atoms with E-state index in [0.29, 0.717) is 23.9 Å². The average Bonchev–Trinajstić information content (AvgIpc) is 3.13. The number of allylic oxidation sites excluding steroid dienone is 2. The average molecular weight is 801 g/mol. The van der Waals surface area contributed by atoms with Crippen LogP contribution in [0.3, 0.4) is 0 Å². The number of nitrogens with zero attached hydrogens (tertiary/aromatic N) is 1. The maximum Gasteiger partial charge on any atom is 0.268 e. The van der Waals surface area contributed by atoms with E-state index in [2.05, 4.69) is 31.3 Å². The van der Waals surface area contributed by atoms with Crippen molar-refractivity contribution >= 4 is 13.7 Å². The largest absolute Gasteiger partial charge is 0.756 e. The lowest BCUT2D eigenvalue weighted by Crippen LogP contribution is -2.46. The molecule has 0 aliphatic carbocycles. The molecule has 328 valence electrons. The van der Waals surface area contributed by atoms with Gasteiger partial charge in [0.1, 0.15) is 13.2 Å². The molecular weight excluding hydrogens is 707 g/mol. The molecule has 0 aromatic rings. The number of carbonyl (C=O) groups is 1. The molecule has 0 aromatic heterocycles. The number of carbonyl (C=O) groups excluding carboxylic acids is 1. The molecule has 0 heterocycles. The molecule has 3 unspecified atom stereocenters. The molecule has 8 nitrogen and oxygen atoms in total. The number of unbranched alkanes of at least 4 members (excludes halogenated alkanes) is 28. The normalized spacial score (nSPS) is 14.4. The van der Waals surface area contributed by atoms with Crippen molar-refractivity contribution in [2.75, 3.05) is 40.9 Å². The van der Waals surface area contributed by atoms with Gasteiger partial charge < -0.3 is 28.8 Å². The fourth-order valence-electron chi connectivity index (χ4n) is 6.98. The lowest BCUT2D eigenvalue weighted by molar-refractivity contribution is -0.870. The van der Waals surface area contributed by atoms with Crippen molar-refractivity contribution < 1.29 is 32.9 Å². The zero-order chi connectivity index (χ0) is 40.7. The van der Waals surface area contributed by atoms with Crippen LogP contribution >= 0.6 is 7.82 Å². The highest BCUT2D eigenvalue weighted by Crippen LogP contribution is 2.38. The Bertz CT molecular complexity index is 911. The Labute approximate surface area is 342 Å². The van der Waals surface area contributed by atoms with E-state index in [1.54, 1.807) is 0 Å². The highest BCUT2D eigenvalue weighted by atomic mass is 31.2. The smallest absolute Gasteiger partial charge is 0.268 e. The van der Waals surface area contributed by atoms with Crippen molar-refractivity contribution in [3.8, 4) is 0 Å². The van der Waals surface area contributed by atoms with Gasteiger partial charge in [-0.05, 0) is 38.5 Å². The number of aliphatic hydroxyl groups is 1. The Morgan fingerprint density at radius 3 is 1.42 bits per heavy atom. The summed E-state index contributed by atoms with van der Waals surface area (Å²) < 4.78 is 23.2. The maximum atomic E-state index is 12.9. The molecule has 0 radical (unpaired) electrons. The number of phosphoric ester groups is 1. The third-order valence-corrected chi connectivity index (χ3v) is 11.7. The second-order valence-corrected chi connectivity index (χ2v) is 18.9. The molecule has 1 amide bonds. The fourth-order valence-corrected chi connectivity index (χ4v) is 7.70. The van der Waals surface area contributed by atoms with E-state index in [1.807, 2.05) is 21.1 Å². The van der Waals surface area contributed by atoms with Crippen LogP contribution in [-0.2, 0) is 18.4 Å². The summed E-state index contributed by atoms with van der Waals surface area (Å²) in [4.78, 5) is 25.3. The van der Waals surface area contributed by atoms with Crippen LogP contribution in [0.1, 0.15) is 226 Å². The van der Waals surface area contributed by atoms with Crippen LogP contribution in [0.5, 0.6) is 0 Å². The third-order valence-electron chi connectivity index (χ3n) is 10.8. The van der Waals surface area contributed by atoms with Gasteiger partial charge in [-0.3, -0.25) is 9.36 Å². The van der Waals surface area contributed by atoms with Crippen LogP contribution in [0.2, 0.25) is 0 Å². The minimum atomic E-state index is -4.56. The first kappa shape index (κ1) is 54.2. The number of aliphatic hydroxyl groups excluding tert-OH is 1. The summed E-state index contributed by atoms with van der Waals surface area (Å²) in [6.07, 6.45) is 43.7. The van der Waals surface area contributed by atoms with E-state index in [0.717, 1.165) is 38.5 Å². The standard InChI is InChI=1S/C46H93N2O6P/c1-6-8-10-12-14-16-18-19-20-21-22-23-24-25-26-27-28-29-30-32-34-36-38-40-46(50)47-44(43-54-55(51,52)53-42-41-48(3,4)5)45(49)39-37-35-33-31-17-15-13-11-9-7-2/h21-22,44-45,49H,6-20,23-43H2,1-5H3,(H-,47,50,51,52)/b22-21-. The Morgan fingerprint density at radius 1 is 0.618 bits per heavy atom. The van der Waals surface area contributed by atoms with Gasteiger partial charge in [-0.2, -0.15) is 0 Å². The number of quaternary nitrogens is 1. The molecular formula is C46H93N2O6P. The number of amides is 1. The summed E-state index contributed by atoms with van der Waals surface area (Å²) in [6.45, 7) is 4.71. The first-order chi connectivity index (χ1) is 26.5. The van der Waals surface area contributed by atoms with Gasteiger partial charge in [0.2, 0.25) is 5.91 Å². The van der Waals surface area contributed by atoms with Crippen molar-refractivity contribution in [1.82, 2.24) is 5.32 Å². The molecule has 0 aliphatic rings. The van der Waals surface area contributed by atoms with Crippen molar-refractivity contribution in [2.45, 2.75) is 238 Å². The molecule has 0 aromatic carbocycles. The van der Waals surface area contributed by atoms with Gasteiger partial charge in [0.25, 0.3) is 7.82 Å². The van der Waals surface area contributed by atoms with Crippen LogP contribution in [0, 0.1) is 0 Å².